The van der Waals surface area contributed by atoms with Gasteiger partial charge < -0.3 is 9.90 Å². The van der Waals surface area contributed by atoms with E-state index in [0.29, 0.717) is 13.0 Å². The zero-order chi connectivity index (χ0) is 9.82. The lowest BCUT2D eigenvalue weighted by atomic mass is 10.2. The molecule has 0 spiro atoms. The molecule has 0 aliphatic heterocycles. The molecule has 0 saturated carbocycles. The fourth-order valence-electron chi connectivity index (χ4n) is 0.539. The summed E-state index contributed by atoms with van der Waals surface area (Å²) >= 11 is 0. The highest BCUT2D eigenvalue weighted by Gasteiger charge is 1.80. The van der Waals surface area contributed by atoms with Crippen molar-refractivity contribution in [3.63, 3.8) is 0 Å². The minimum absolute atomic E-state index is 0.255. The maximum absolute atomic E-state index is 9.81. The van der Waals surface area contributed by atoms with Crippen LogP contribution < -0.4 is 0 Å². The number of hydrogen-bond acceptors (Lipinski definition) is 2. The van der Waals surface area contributed by atoms with Crippen molar-refractivity contribution in [3.05, 3.63) is 0 Å². The van der Waals surface area contributed by atoms with Crippen molar-refractivity contribution in [1.82, 2.24) is 0 Å². The van der Waals surface area contributed by atoms with Gasteiger partial charge in [0.15, 0.2) is 0 Å². The smallest absolute Gasteiger partial charge is 0.129 e. The van der Waals surface area contributed by atoms with Crippen molar-refractivity contribution in [3.8, 4) is 0 Å². The van der Waals surface area contributed by atoms with E-state index in [4.69, 9.17) is 5.11 Å². The van der Waals surface area contributed by atoms with Gasteiger partial charge in [-0.05, 0) is 13.3 Å². The van der Waals surface area contributed by atoms with Gasteiger partial charge in [-0.1, -0.05) is 33.1 Å². The number of aliphatic hydroxyl groups is 1. The molecule has 0 radical (unpaired) electrons. The van der Waals surface area contributed by atoms with Crippen LogP contribution in [0.3, 0.4) is 0 Å². The average molecular weight is 174 g/mol. The van der Waals surface area contributed by atoms with Gasteiger partial charge in [0.2, 0.25) is 0 Å². The summed E-state index contributed by atoms with van der Waals surface area (Å²) in [5.74, 6) is 0.255. The molecule has 0 fully saturated rings. The summed E-state index contributed by atoms with van der Waals surface area (Å²) in [4.78, 5) is 9.81. The summed E-state index contributed by atoms with van der Waals surface area (Å²) in [6.07, 6.45) is 5.35. The molecule has 1 N–H and O–H groups in total. The zero-order valence-corrected chi connectivity index (χ0v) is 8.60. The molecule has 0 bridgehead atoms. The van der Waals surface area contributed by atoms with Gasteiger partial charge in [0.25, 0.3) is 0 Å². The molecule has 0 aromatic carbocycles. The van der Waals surface area contributed by atoms with Crippen molar-refractivity contribution < 1.29 is 9.90 Å². The number of Topliss-reactive ketones (excluding diaryl/α,β-unsaturated/α-hetero) is 1. The van der Waals surface area contributed by atoms with Gasteiger partial charge in [0.1, 0.15) is 5.78 Å². The van der Waals surface area contributed by atoms with Crippen LogP contribution >= 0.6 is 0 Å². The van der Waals surface area contributed by atoms with Gasteiger partial charge in [-0.3, -0.25) is 0 Å². The predicted octanol–water partition coefficient (Wildman–Crippen LogP) is 2.54. The zero-order valence-electron chi connectivity index (χ0n) is 8.60. The van der Waals surface area contributed by atoms with Crippen LogP contribution in [0.4, 0.5) is 0 Å². The summed E-state index contributed by atoms with van der Waals surface area (Å²) in [7, 11) is 0. The van der Waals surface area contributed by atoms with Gasteiger partial charge >= 0.3 is 0 Å². The second-order valence-electron chi connectivity index (χ2n) is 2.84. The topological polar surface area (TPSA) is 37.3 Å². The minimum Gasteiger partial charge on any atom is -0.396 e. The Morgan fingerprint density at radius 3 is 1.92 bits per heavy atom. The van der Waals surface area contributed by atoms with E-state index in [1.54, 1.807) is 6.92 Å². The second-order valence-corrected chi connectivity index (χ2v) is 2.84. The lowest BCUT2D eigenvalue weighted by molar-refractivity contribution is -0.116. The first-order valence-corrected chi connectivity index (χ1v) is 4.79. The second kappa shape index (κ2) is 13.2. The number of ketones is 1. The van der Waals surface area contributed by atoms with Crippen molar-refractivity contribution in [1.29, 1.82) is 0 Å². The third-order valence-electron chi connectivity index (χ3n) is 1.51. The lowest BCUT2D eigenvalue weighted by Crippen LogP contribution is -1.80. The summed E-state index contributed by atoms with van der Waals surface area (Å²) in [6.45, 7) is 5.96. The summed E-state index contributed by atoms with van der Waals surface area (Å²) in [5.41, 5.74) is 0. The van der Waals surface area contributed by atoms with Crippen LogP contribution in [0.5, 0.6) is 0 Å². The van der Waals surface area contributed by atoms with E-state index in [1.807, 2.05) is 6.92 Å². The Kier molecular flexibility index (Phi) is 15.6. The average Bonchev–Trinajstić information content (AvgIpc) is 2.07. The number of carbonyl (C=O) groups is 1. The van der Waals surface area contributed by atoms with Gasteiger partial charge in [-0.2, -0.15) is 0 Å². The molecule has 0 aliphatic rings. The normalized spacial score (nSPS) is 8.67. The number of unbranched alkanes of at least 4 members (excludes halogenated alkanes) is 3. The molecule has 12 heavy (non-hydrogen) atoms. The highest BCUT2D eigenvalue weighted by atomic mass is 16.2. The SMILES string of the molecule is CCC(C)=O.CCCCCCO. The summed E-state index contributed by atoms with van der Waals surface area (Å²) in [6, 6.07) is 0. The Hall–Kier alpha value is -0.370. The molecule has 74 valence electrons. The number of carbonyl (C=O) groups excluding carboxylic acids is 1. The molecule has 0 atom stereocenters. The first-order chi connectivity index (χ1) is 5.68. The third kappa shape index (κ3) is 22.6. The van der Waals surface area contributed by atoms with Crippen molar-refractivity contribution in [2.45, 2.75) is 52.9 Å². The molecule has 0 rings (SSSR count). The van der Waals surface area contributed by atoms with Crippen molar-refractivity contribution >= 4 is 5.78 Å². The van der Waals surface area contributed by atoms with Gasteiger partial charge in [-0.15, -0.1) is 0 Å². The fourth-order valence-corrected chi connectivity index (χ4v) is 0.539. The number of rotatable bonds is 5. The van der Waals surface area contributed by atoms with E-state index in [2.05, 4.69) is 6.92 Å². The molecule has 2 nitrogen and oxygen atoms in total. The molecular formula is C10H22O2. The van der Waals surface area contributed by atoms with Crippen LogP contribution in [-0.2, 0) is 4.79 Å². The van der Waals surface area contributed by atoms with E-state index >= 15 is 0 Å². The van der Waals surface area contributed by atoms with Crippen molar-refractivity contribution in [2.75, 3.05) is 6.61 Å². The van der Waals surface area contributed by atoms with Crippen LogP contribution in [0, 0.1) is 0 Å². The quantitative estimate of drug-likeness (QED) is 0.650. The van der Waals surface area contributed by atoms with Gasteiger partial charge in [0, 0.05) is 13.0 Å². The van der Waals surface area contributed by atoms with Crippen LogP contribution in [0.25, 0.3) is 0 Å². The number of aliphatic hydroxyl groups excluding tert-OH is 1. The van der Waals surface area contributed by atoms with E-state index in [-0.39, 0.29) is 5.78 Å². The van der Waals surface area contributed by atoms with Gasteiger partial charge in [0.05, 0.1) is 0 Å². The first kappa shape index (κ1) is 14.2. The van der Waals surface area contributed by atoms with E-state index in [9.17, 15) is 4.79 Å². The van der Waals surface area contributed by atoms with Crippen LogP contribution in [-0.4, -0.2) is 17.5 Å². The number of hydrogen-bond donors (Lipinski definition) is 1. The minimum atomic E-state index is 0.255. The molecule has 0 amide bonds. The monoisotopic (exact) mass is 174 g/mol. The molecule has 0 aromatic rings. The first-order valence-electron chi connectivity index (χ1n) is 4.79. The van der Waals surface area contributed by atoms with Crippen LogP contribution in [0.15, 0.2) is 0 Å². The van der Waals surface area contributed by atoms with Crippen LogP contribution in [0.2, 0.25) is 0 Å². The fraction of sp³-hybridized carbons (Fsp3) is 0.900. The molecular weight excluding hydrogens is 152 g/mol. The van der Waals surface area contributed by atoms with Gasteiger partial charge in [-0.25, -0.2) is 0 Å². The lowest BCUT2D eigenvalue weighted by Gasteiger charge is -1.90. The van der Waals surface area contributed by atoms with Crippen LogP contribution in [0.1, 0.15) is 52.9 Å². The Morgan fingerprint density at radius 1 is 1.17 bits per heavy atom. The maximum Gasteiger partial charge on any atom is 0.129 e. The molecule has 0 unspecified atom stereocenters. The Bertz CT molecular complexity index is 85.8. The van der Waals surface area contributed by atoms with Crippen molar-refractivity contribution in [2.24, 2.45) is 0 Å². The predicted molar refractivity (Wildman–Crippen MR) is 52.2 cm³/mol. The third-order valence-corrected chi connectivity index (χ3v) is 1.51. The Balaban J connectivity index is 0. The molecule has 2 heteroatoms. The highest BCUT2D eigenvalue weighted by Crippen LogP contribution is 1.95. The summed E-state index contributed by atoms with van der Waals surface area (Å²) < 4.78 is 0. The molecule has 0 aliphatic carbocycles. The molecule has 0 saturated heterocycles. The van der Waals surface area contributed by atoms with E-state index < -0.39 is 0 Å². The summed E-state index contributed by atoms with van der Waals surface area (Å²) in [5, 5.41) is 8.29. The Labute approximate surface area is 76.0 Å². The maximum atomic E-state index is 9.81. The molecule has 0 heterocycles. The largest absolute Gasteiger partial charge is 0.396 e. The van der Waals surface area contributed by atoms with E-state index in [1.165, 1.54) is 19.3 Å². The van der Waals surface area contributed by atoms with E-state index in [0.717, 1.165) is 6.42 Å². The standard InChI is InChI=1S/C6H14O.C4H8O/c1-2-3-4-5-6-7;1-3-4(2)5/h7H,2-6H2,1H3;3H2,1-2H3. The Morgan fingerprint density at radius 2 is 1.67 bits per heavy atom. The highest BCUT2D eigenvalue weighted by molar-refractivity contribution is 5.74. The molecule has 0 aromatic heterocycles.